The molecule has 4 saturated heterocycles. The maximum Gasteiger partial charge on any atom is 0.258 e. The van der Waals surface area contributed by atoms with Crippen molar-refractivity contribution < 1.29 is 28.2 Å². The van der Waals surface area contributed by atoms with Gasteiger partial charge in [0, 0.05) is 38.3 Å². The number of amides is 1. The van der Waals surface area contributed by atoms with Gasteiger partial charge in [0.1, 0.15) is 6.17 Å². The first-order valence-corrected chi connectivity index (χ1v) is 17.4. The van der Waals surface area contributed by atoms with E-state index in [4.69, 9.17) is 14.2 Å². The molecule has 0 aromatic carbocycles. The third kappa shape index (κ3) is 5.17. The topological polar surface area (TPSA) is 83.6 Å². The zero-order valence-electron chi connectivity index (χ0n) is 25.4. The molecule has 0 spiro atoms. The van der Waals surface area contributed by atoms with Crippen molar-refractivity contribution in [2.45, 2.75) is 113 Å². The summed E-state index contributed by atoms with van der Waals surface area (Å²) < 4.78 is 35.3. The van der Waals surface area contributed by atoms with Crippen LogP contribution >= 0.6 is 0 Å². The molecule has 238 valence electrons. The molecule has 11 atom stereocenters. The molecule has 11 unspecified atom stereocenters. The van der Waals surface area contributed by atoms with Gasteiger partial charge < -0.3 is 29.3 Å². The molecule has 3 aliphatic carbocycles. The average Bonchev–Trinajstić information content (AvgIpc) is 3.69. The summed E-state index contributed by atoms with van der Waals surface area (Å²) in [6.45, 7) is 6.50. The fourth-order valence-electron chi connectivity index (χ4n) is 10.1. The largest absolute Gasteiger partial charge is 0.379 e. The van der Waals surface area contributed by atoms with Gasteiger partial charge >= 0.3 is 0 Å². The summed E-state index contributed by atoms with van der Waals surface area (Å²) in [6, 6.07) is -0.683. The van der Waals surface area contributed by atoms with Crippen LogP contribution in [0.25, 0.3) is 0 Å². The fourth-order valence-corrected chi connectivity index (χ4v) is 10.1. The van der Waals surface area contributed by atoms with Crippen LogP contribution in [0.3, 0.4) is 0 Å². The van der Waals surface area contributed by atoms with Gasteiger partial charge in [0.2, 0.25) is 0 Å². The second-order valence-electron chi connectivity index (χ2n) is 14.5. The van der Waals surface area contributed by atoms with Crippen LogP contribution in [-0.2, 0) is 23.8 Å². The summed E-state index contributed by atoms with van der Waals surface area (Å²) in [6.07, 6.45) is 10.4. The molecule has 9 nitrogen and oxygen atoms in total. The smallest absolute Gasteiger partial charge is 0.258 e. The minimum absolute atomic E-state index is 0.0396. The highest BCUT2D eigenvalue weighted by Crippen LogP contribution is 2.52. The molecule has 5 aliphatic heterocycles. The van der Waals surface area contributed by atoms with Crippen LogP contribution in [0.4, 0.5) is 4.39 Å². The van der Waals surface area contributed by atoms with Gasteiger partial charge in [-0.3, -0.25) is 14.5 Å². The van der Waals surface area contributed by atoms with E-state index in [0.717, 1.165) is 71.4 Å². The van der Waals surface area contributed by atoms with Crippen LogP contribution in [0.2, 0.25) is 0 Å². The summed E-state index contributed by atoms with van der Waals surface area (Å²) in [7, 11) is 0. The molecule has 3 saturated carbocycles. The summed E-state index contributed by atoms with van der Waals surface area (Å²) in [5, 5.41) is 3.56. The molecule has 5 heterocycles. The number of ether oxygens (including phenoxy) is 3. The average molecular weight is 601 g/mol. The van der Waals surface area contributed by atoms with Gasteiger partial charge in [-0.2, -0.15) is 0 Å². The van der Waals surface area contributed by atoms with Gasteiger partial charge in [-0.25, -0.2) is 4.39 Å². The van der Waals surface area contributed by atoms with E-state index in [1.165, 1.54) is 19.3 Å². The van der Waals surface area contributed by atoms with Gasteiger partial charge in [-0.15, -0.1) is 0 Å². The van der Waals surface area contributed by atoms with Crippen molar-refractivity contribution in [1.29, 1.82) is 0 Å². The lowest BCUT2D eigenvalue weighted by Crippen LogP contribution is -2.73. The maximum atomic E-state index is 16.2. The number of hydrogen-bond donors (Lipinski definition) is 1. The zero-order chi connectivity index (χ0) is 29.1. The Kier molecular flexibility index (Phi) is 8.03. The second-order valence-corrected chi connectivity index (χ2v) is 14.5. The standard InChI is InChI=1S/C33H49FN4O5/c34-24-16-22-30-32(29(24)35-8-5-9-36-12-14-41-15-13-36)43-28-17-21-20-6-1-2-7-26(20)42-27(21)18-25(28)38(30)19-23(31(22)39)33(40)37-10-3-4-11-37/h19-22,24-30,32,35H,1-18H2. The summed E-state index contributed by atoms with van der Waals surface area (Å²) in [5.41, 5.74) is 0.259. The third-order valence-electron chi connectivity index (χ3n) is 12.2. The minimum Gasteiger partial charge on any atom is -0.379 e. The van der Waals surface area contributed by atoms with Crippen LogP contribution in [0, 0.1) is 17.8 Å². The van der Waals surface area contributed by atoms with E-state index in [0.29, 0.717) is 37.6 Å². The van der Waals surface area contributed by atoms with Crippen molar-refractivity contribution in [1.82, 2.24) is 20.0 Å². The van der Waals surface area contributed by atoms with Crippen LogP contribution in [0.15, 0.2) is 11.8 Å². The van der Waals surface area contributed by atoms with E-state index in [2.05, 4.69) is 15.1 Å². The lowest BCUT2D eigenvalue weighted by atomic mass is 9.67. The summed E-state index contributed by atoms with van der Waals surface area (Å²) in [4.78, 5) is 34.1. The maximum absolute atomic E-state index is 16.2. The number of carbonyl (C=O) groups is 2. The van der Waals surface area contributed by atoms with E-state index in [-0.39, 0.29) is 48.0 Å². The summed E-state index contributed by atoms with van der Waals surface area (Å²) in [5.74, 6) is 0.147. The van der Waals surface area contributed by atoms with Crippen molar-refractivity contribution in [2.24, 2.45) is 17.8 Å². The van der Waals surface area contributed by atoms with Crippen molar-refractivity contribution >= 4 is 11.7 Å². The molecular formula is C33H49FN4O5. The fraction of sp³-hybridized carbons (Fsp3) is 0.879. The molecule has 43 heavy (non-hydrogen) atoms. The van der Waals surface area contributed by atoms with E-state index in [9.17, 15) is 9.59 Å². The number of ketones is 1. The lowest BCUT2D eigenvalue weighted by Gasteiger charge is -2.60. The van der Waals surface area contributed by atoms with Crippen molar-refractivity contribution in [3.8, 4) is 0 Å². The van der Waals surface area contributed by atoms with E-state index >= 15 is 4.39 Å². The second kappa shape index (κ2) is 12.0. The molecule has 7 fully saturated rings. The highest BCUT2D eigenvalue weighted by Gasteiger charge is 2.61. The lowest BCUT2D eigenvalue weighted by molar-refractivity contribution is -0.209. The number of halogens is 1. The minimum atomic E-state index is -1.20. The van der Waals surface area contributed by atoms with Gasteiger partial charge in [-0.1, -0.05) is 12.8 Å². The first kappa shape index (κ1) is 28.9. The number of Topliss-reactive ketones (excluding diaryl/α,β-unsaturated/α-hetero) is 1. The third-order valence-corrected chi connectivity index (χ3v) is 12.2. The van der Waals surface area contributed by atoms with Gasteiger partial charge in [0.25, 0.3) is 5.91 Å². The van der Waals surface area contributed by atoms with E-state index in [1.807, 2.05) is 11.1 Å². The first-order valence-electron chi connectivity index (χ1n) is 17.4. The van der Waals surface area contributed by atoms with Crippen LogP contribution in [0.1, 0.15) is 64.2 Å². The molecule has 8 rings (SSSR count). The molecule has 10 heteroatoms. The normalized spacial score (nSPS) is 44.3. The molecule has 1 N–H and O–H groups in total. The van der Waals surface area contributed by atoms with Crippen molar-refractivity contribution in [2.75, 3.05) is 52.5 Å². The Labute approximate surface area is 254 Å². The number of hydrogen-bond acceptors (Lipinski definition) is 8. The molecule has 0 aromatic heterocycles. The van der Waals surface area contributed by atoms with E-state index < -0.39 is 24.2 Å². The predicted molar refractivity (Wildman–Crippen MR) is 157 cm³/mol. The van der Waals surface area contributed by atoms with Gasteiger partial charge in [-0.05, 0) is 76.3 Å². The number of carbonyl (C=O) groups excluding carboxylic acids is 2. The highest BCUT2D eigenvalue weighted by atomic mass is 19.1. The van der Waals surface area contributed by atoms with Gasteiger partial charge in [0.15, 0.2) is 5.78 Å². The first-order chi connectivity index (χ1) is 21.1. The van der Waals surface area contributed by atoms with Crippen LogP contribution < -0.4 is 5.32 Å². The predicted octanol–water partition coefficient (Wildman–Crippen LogP) is 2.29. The van der Waals surface area contributed by atoms with Crippen molar-refractivity contribution in [3.63, 3.8) is 0 Å². The molecule has 0 aromatic rings. The zero-order valence-corrected chi connectivity index (χ0v) is 25.4. The van der Waals surface area contributed by atoms with Gasteiger partial charge in [0.05, 0.1) is 61.3 Å². The Balaban J connectivity index is 1.06. The number of likely N-dealkylation sites (tertiary alicyclic amines) is 1. The molecule has 0 bridgehead atoms. The highest BCUT2D eigenvalue weighted by molar-refractivity contribution is 6.20. The number of rotatable bonds is 6. The number of alkyl halides is 1. The Morgan fingerprint density at radius 2 is 1.74 bits per heavy atom. The Hall–Kier alpha value is -1.59. The summed E-state index contributed by atoms with van der Waals surface area (Å²) >= 11 is 0. The van der Waals surface area contributed by atoms with Crippen LogP contribution in [-0.4, -0.2) is 128 Å². The molecule has 0 radical (unpaired) electrons. The number of morpholine rings is 2. The molecular weight excluding hydrogens is 551 g/mol. The monoisotopic (exact) mass is 600 g/mol. The Morgan fingerprint density at radius 3 is 2.58 bits per heavy atom. The number of nitrogens with one attached hydrogen (secondary N) is 1. The quantitative estimate of drug-likeness (QED) is 0.368. The Morgan fingerprint density at radius 1 is 0.930 bits per heavy atom. The van der Waals surface area contributed by atoms with E-state index in [1.54, 1.807) is 0 Å². The number of nitrogens with zero attached hydrogens (tertiary/aromatic N) is 3. The number of fused-ring (bicyclic) bond motifs is 5. The Bertz CT molecular complexity index is 1100. The SMILES string of the molecule is O=C1C(C(=O)N2CCCC2)=CN2C3CC4OC5CCCCC5C4CC3OC3C(NCCCN4CCOCC4)C(F)CC1C32. The van der Waals surface area contributed by atoms with Crippen molar-refractivity contribution in [3.05, 3.63) is 11.8 Å². The molecule has 8 aliphatic rings. The van der Waals surface area contributed by atoms with Crippen LogP contribution in [0.5, 0.6) is 0 Å². The molecule has 1 amide bonds.